The van der Waals surface area contributed by atoms with Gasteiger partial charge in [0.1, 0.15) is 5.82 Å². The molecule has 2 heterocycles. The Morgan fingerprint density at radius 2 is 1.87 bits per heavy atom. The molecule has 2 N–H and O–H groups in total. The normalized spacial score (nSPS) is 14.6. The molecule has 2 aromatic rings. The second-order valence-corrected chi connectivity index (χ2v) is 7.87. The molecule has 0 radical (unpaired) electrons. The van der Waals surface area contributed by atoms with Crippen LogP contribution in [0.25, 0.3) is 0 Å². The van der Waals surface area contributed by atoms with Crippen molar-refractivity contribution in [3.05, 3.63) is 29.8 Å². The van der Waals surface area contributed by atoms with E-state index in [1.807, 2.05) is 18.2 Å². The zero-order valence-corrected chi connectivity index (χ0v) is 18.2. The molecule has 0 amide bonds. The summed E-state index contributed by atoms with van der Waals surface area (Å²) < 4.78 is 16.7. The third-order valence-corrected chi connectivity index (χ3v) is 5.08. The van der Waals surface area contributed by atoms with Crippen LogP contribution < -0.4 is 24.4 Å². The number of methoxy groups -OCH3 is 2. The Balaban J connectivity index is 1.91. The highest BCUT2D eigenvalue weighted by Gasteiger charge is 2.24. The molecule has 1 aromatic heterocycles. The molecule has 1 saturated heterocycles. The molecule has 8 heteroatoms. The number of hydrogen-bond acceptors (Lipinski definition) is 8. The molecular weight excluding hydrogens is 384 g/mol. The van der Waals surface area contributed by atoms with Crippen LogP contribution in [-0.4, -0.2) is 55.0 Å². The number of nitrogens with zero attached hydrogens (tertiary/aromatic N) is 3. The van der Waals surface area contributed by atoms with E-state index in [9.17, 15) is 5.11 Å². The molecule has 1 aliphatic heterocycles. The maximum Gasteiger partial charge on any atom is 0.319 e. The van der Waals surface area contributed by atoms with Gasteiger partial charge in [0.15, 0.2) is 11.5 Å². The lowest BCUT2D eigenvalue weighted by Crippen LogP contribution is -2.43. The monoisotopic (exact) mass is 416 g/mol. The molecule has 1 aliphatic rings. The predicted molar refractivity (Wildman–Crippen MR) is 116 cm³/mol. The number of benzene rings is 1. The Hall–Kier alpha value is -2.74. The Labute approximate surface area is 178 Å². The number of hydrogen-bond donors (Lipinski definition) is 2. The summed E-state index contributed by atoms with van der Waals surface area (Å²) in [6.07, 6.45) is 1.97. The Bertz CT molecular complexity index is 825. The Morgan fingerprint density at radius 1 is 1.10 bits per heavy atom. The van der Waals surface area contributed by atoms with Gasteiger partial charge in [-0.25, -0.2) is 0 Å². The molecule has 164 valence electrons. The molecule has 0 aliphatic carbocycles. The highest BCUT2D eigenvalue weighted by Crippen LogP contribution is 2.31. The van der Waals surface area contributed by atoms with Gasteiger partial charge in [-0.2, -0.15) is 9.97 Å². The molecule has 0 bridgehead atoms. The highest BCUT2D eigenvalue weighted by atomic mass is 16.5. The summed E-state index contributed by atoms with van der Waals surface area (Å²) in [6, 6.07) is 7.75. The summed E-state index contributed by atoms with van der Waals surface area (Å²) >= 11 is 0. The van der Waals surface area contributed by atoms with Gasteiger partial charge in [0.25, 0.3) is 0 Å². The maximum absolute atomic E-state index is 9.99. The fourth-order valence-corrected chi connectivity index (χ4v) is 3.55. The molecule has 1 aromatic carbocycles. The molecule has 0 unspecified atom stereocenters. The summed E-state index contributed by atoms with van der Waals surface area (Å²) in [5.41, 5.74) is 1.07. The van der Waals surface area contributed by atoms with E-state index < -0.39 is 0 Å². The van der Waals surface area contributed by atoms with E-state index in [-0.39, 0.29) is 12.1 Å². The van der Waals surface area contributed by atoms with Crippen molar-refractivity contribution in [2.75, 3.05) is 38.8 Å². The summed E-state index contributed by atoms with van der Waals surface area (Å²) in [5.74, 6) is 2.85. The van der Waals surface area contributed by atoms with E-state index in [4.69, 9.17) is 14.2 Å². The SMILES string of the molecule is COc1cc(N(Cc2ccc(OC)c(OCC(C)C)c2)C2CCNCC2)nc(O)n1. The van der Waals surface area contributed by atoms with Crippen molar-refractivity contribution in [2.45, 2.75) is 39.3 Å². The van der Waals surface area contributed by atoms with Crippen molar-refractivity contribution in [2.24, 2.45) is 5.92 Å². The first-order valence-electron chi connectivity index (χ1n) is 10.4. The number of rotatable bonds is 9. The van der Waals surface area contributed by atoms with E-state index in [0.717, 1.165) is 37.2 Å². The number of aromatic hydroxyl groups is 1. The van der Waals surface area contributed by atoms with Crippen molar-refractivity contribution in [3.63, 3.8) is 0 Å². The molecule has 8 nitrogen and oxygen atoms in total. The lowest BCUT2D eigenvalue weighted by Gasteiger charge is -2.35. The smallest absolute Gasteiger partial charge is 0.319 e. The van der Waals surface area contributed by atoms with Crippen LogP contribution in [0.1, 0.15) is 32.3 Å². The number of nitrogens with one attached hydrogen (secondary N) is 1. The predicted octanol–water partition coefficient (Wildman–Crippen LogP) is 2.99. The van der Waals surface area contributed by atoms with Crippen molar-refractivity contribution in [1.29, 1.82) is 0 Å². The first-order valence-corrected chi connectivity index (χ1v) is 10.4. The first-order chi connectivity index (χ1) is 14.5. The van der Waals surface area contributed by atoms with Crippen molar-refractivity contribution < 1.29 is 19.3 Å². The van der Waals surface area contributed by atoms with Crippen LogP contribution in [0.4, 0.5) is 5.82 Å². The van der Waals surface area contributed by atoms with Gasteiger partial charge in [-0.15, -0.1) is 0 Å². The second kappa shape index (κ2) is 10.3. The summed E-state index contributed by atoms with van der Waals surface area (Å²) in [6.45, 7) is 7.36. The number of aromatic nitrogens is 2. The van der Waals surface area contributed by atoms with Crippen molar-refractivity contribution in [3.8, 4) is 23.4 Å². The van der Waals surface area contributed by atoms with E-state index >= 15 is 0 Å². The van der Waals surface area contributed by atoms with Crippen LogP contribution in [0, 0.1) is 5.92 Å². The lowest BCUT2D eigenvalue weighted by atomic mass is 10.0. The highest BCUT2D eigenvalue weighted by molar-refractivity contribution is 5.48. The van der Waals surface area contributed by atoms with Gasteiger partial charge in [-0.3, -0.25) is 0 Å². The van der Waals surface area contributed by atoms with Gasteiger partial charge in [-0.05, 0) is 49.5 Å². The second-order valence-electron chi connectivity index (χ2n) is 7.87. The fourth-order valence-electron chi connectivity index (χ4n) is 3.55. The number of anilines is 1. The fraction of sp³-hybridized carbons (Fsp3) is 0.545. The molecule has 0 saturated carbocycles. The van der Waals surface area contributed by atoms with Gasteiger partial charge in [0.05, 0.1) is 20.8 Å². The molecule has 0 atom stereocenters. The summed E-state index contributed by atoms with van der Waals surface area (Å²) in [5, 5.41) is 13.4. The molecule has 30 heavy (non-hydrogen) atoms. The lowest BCUT2D eigenvalue weighted by molar-refractivity contribution is 0.256. The zero-order valence-electron chi connectivity index (χ0n) is 18.2. The average Bonchev–Trinajstić information content (AvgIpc) is 2.76. The average molecular weight is 417 g/mol. The first kappa shape index (κ1) is 22.0. The van der Waals surface area contributed by atoms with Crippen molar-refractivity contribution >= 4 is 5.82 Å². The standard InChI is InChI=1S/C22H32N4O4/c1-15(2)14-30-19-11-16(5-6-18(19)28-3)13-26(17-7-9-23-10-8-17)20-12-21(29-4)25-22(27)24-20/h5-6,11-12,15,17,23H,7-10,13-14H2,1-4H3,(H,24,25,27). The minimum atomic E-state index is -0.293. The third kappa shape index (κ3) is 5.66. The minimum absolute atomic E-state index is 0.285. The zero-order chi connectivity index (χ0) is 21.5. The van der Waals surface area contributed by atoms with E-state index in [1.54, 1.807) is 13.2 Å². The van der Waals surface area contributed by atoms with Gasteiger partial charge < -0.3 is 29.5 Å². The van der Waals surface area contributed by atoms with Gasteiger partial charge in [0.2, 0.25) is 5.88 Å². The van der Waals surface area contributed by atoms with Crippen LogP contribution in [0.2, 0.25) is 0 Å². The number of piperidine rings is 1. The van der Waals surface area contributed by atoms with Gasteiger partial charge in [0, 0.05) is 18.7 Å². The van der Waals surface area contributed by atoms with Gasteiger partial charge in [-0.1, -0.05) is 19.9 Å². The topological polar surface area (TPSA) is 89.0 Å². The van der Waals surface area contributed by atoms with Crippen LogP contribution in [-0.2, 0) is 6.54 Å². The quantitative estimate of drug-likeness (QED) is 0.645. The summed E-state index contributed by atoms with van der Waals surface area (Å²) in [4.78, 5) is 10.4. The molecular formula is C22H32N4O4. The van der Waals surface area contributed by atoms with E-state index in [1.165, 1.54) is 7.11 Å². The minimum Gasteiger partial charge on any atom is -0.493 e. The van der Waals surface area contributed by atoms with Crippen LogP contribution in [0.3, 0.4) is 0 Å². The van der Waals surface area contributed by atoms with Crippen LogP contribution in [0.5, 0.6) is 23.4 Å². The maximum atomic E-state index is 9.99. The largest absolute Gasteiger partial charge is 0.493 e. The Morgan fingerprint density at radius 3 is 2.53 bits per heavy atom. The van der Waals surface area contributed by atoms with E-state index in [2.05, 4.69) is 34.0 Å². The Kier molecular flexibility index (Phi) is 7.57. The molecule has 0 spiro atoms. The van der Waals surface area contributed by atoms with Crippen LogP contribution >= 0.6 is 0 Å². The van der Waals surface area contributed by atoms with Crippen molar-refractivity contribution in [1.82, 2.24) is 15.3 Å². The van der Waals surface area contributed by atoms with Gasteiger partial charge >= 0.3 is 6.01 Å². The van der Waals surface area contributed by atoms with Crippen LogP contribution in [0.15, 0.2) is 24.3 Å². The van der Waals surface area contributed by atoms with E-state index in [0.29, 0.717) is 36.5 Å². The third-order valence-electron chi connectivity index (χ3n) is 5.08. The number of ether oxygens (including phenoxy) is 3. The summed E-state index contributed by atoms with van der Waals surface area (Å²) in [7, 11) is 3.18. The molecule has 1 fully saturated rings. The molecule has 3 rings (SSSR count).